The fourth-order valence-electron chi connectivity index (χ4n) is 3.48. The third-order valence-corrected chi connectivity index (χ3v) is 5.11. The normalized spacial score (nSPS) is 13.8. The molecule has 3 aromatic rings. The molecule has 148 valence electrons. The van der Waals surface area contributed by atoms with E-state index in [1.54, 1.807) is 19.2 Å². The number of carbonyl (C=O) groups is 1. The van der Waals surface area contributed by atoms with Crippen LogP contribution in [0.4, 0.5) is 11.6 Å². The summed E-state index contributed by atoms with van der Waals surface area (Å²) >= 11 is 0. The van der Waals surface area contributed by atoms with Crippen molar-refractivity contribution in [2.75, 3.05) is 30.4 Å². The number of ether oxygens (including phenoxy) is 1. The van der Waals surface area contributed by atoms with Crippen LogP contribution in [-0.4, -0.2) is 36.1 Å². The summed E-state index contributed by atoms with van der Waals surface area (Å²) in [7, 11) is 1.58. The lowest BCUT2D eigenvalue weighted by Gasteiger charge is -2.26. The Balaban J connectivity index is 1.45. The fourth-order valence-corrected chi connectivity index (χ4v) is 3.48. The maximum Gasteiger partial charge on any atom is 0.255 e. The number of hydrogen-bond donors (Lipinski definition) is 1. The van der Waals surface area contributed by atoms with E-state index in [9.17, 15) is 4.79 Å². The number of benzene rings is 2. The molecule has 0 saturated carbocycles. The Bertz CT molecular complexity index is 965. The van der Waals surface area contributed by atoms with Crippen molar-refractivity contribution in [2.24, 2.45) is 0 Å². The first kappa shape index (κ1) is 18.9. The van der Waals surface area contributed by atoms with Crippen LogP contribution in [0.25, 0.3) is 11.1 Å². The van der Waals surface area contributed by atoms with E-state index >= 15 is 0 Å². The van der Waals surface area contributed by atoms with Crippen molar-refractivity contribution in [2.45, 2.75) is 19.3 Å². The van der Waals surface area contributed by atoms with E-state index in [-0.39, 0.29) is 5.91 Å². The lowest BCUT2D eigenvalue weighted by atomic mass is 10.1. The van der Waals surface area contributed by atoms with Gasteiger partial charge < -0.3 is 15.0 Å². The van der Waals surface area contributed by atoms with Crippen LogP contribution >= 0.6 is 0 Å². The van der Waals surface area contributed by atoms with Crippen LogP contribution in [0.2, 0.25) is 0 Å². The summed E-state index contributed by atoms with van der Waals surface area (Å²) in [5.74, 6) is 1.24. The molecule has 4 rings (SSSR count). The van der Waals surface area contributed by atoms with Crippen LogP contribution in [-0.2, 0) is 0 Å². The van der Waals surface area contributed by atoms with E-state index in [0.29, 0.717) is 17.0 Å². The molecule has 2 heterocycles. The molecule has 29 heavy (non-hydrogen) atoms. The molecular formula is C23H24N4O2. The summed E-state index contributed by atoms with van der Waals surface area (Å²) in [6, 6.07) is 14.8. The first-order valence-electron chi connectivity index (χ1n) is 9.86. The Hall–Kier alpha value is -3.41. The molecule has 2 aromatic carbocycles. The Labute approximate surface area is 170 Å². The van der Waals surface area contributed by atoms with Crippen molar-refractivity contribution in [1.82, 2.24) is 9.97 Å². The topological polar surface area (TPSA) is 67.3 Å². The summed E-state index contributed by atoms with van der Waals surface area (Å²) in [4.78, 5) is 23.9. The Morgan fingerprint density at radius 1 is 0.931 bits per heavy atom. The Morgan fingerprint density at radius 2 is 1.62 bits per heavy atom. The van der Waals surface area contributed by atoms with E-state index < -0.39 is 0 Å². The molecule has 1 saturated heterocycles. The van der Waals surface area contributed by atoms with Gasteiger partial charge in [0.25, 0.3) is 5.91 Å². The zero-order valence-corrected chi connectivity index (χ0v) is 16.5. The molecule has 0 radical (unpaired) electrons. The molecule has 0 unspecified atom stereocenters. The summed E-state index contributed by atoms with van der Waals surface area (Å²) in [5.41, 5.74) is 3.13. The molecule has 6 heteroatoms. The molecule has 0 bridgehead atoms. The van der Waals surface area contributed by atoms with E-state index in [2.05, 4.69) is 20.2 Å². The second-order valence-electron chi connectivity index (χ2n) is 7.05. The Kier molecular flexibility index (Phi) is 5.70. The molecule has 1 N–H and O–H groups in total. The number of amides is 1. The smallest absolute Gasteiger partial charge is 0.255 e. The van der Waals surface area contributed by atoms with Crippen LogP contribution < -0.4 is 15.0 Å². The van der Waals surface area contributed by atoms with Crippen molar-refractivity contribution >= 4 is 17.5 Å². The summed E-state index contributed by atoms with van der Waals surface area (Å²) < 4.78 is 5.28. The van der Waals surface area contributed by atoms with Gasteiger partial charge in [-0.2, -0.15) is 0 Å². The quantitative estimate of drug-likeness (QED) is 0.702. The number of aromatic nitrogens is 2. The number of para-hydroxylation sites is 2. The third-order valence-electron chi connectivity index (χ3n) is 5.11. The highest BCUT2D eigenvalue weighted by Gasteiger charge is 2.14. The standard InChI is InChI=1S/C23H24N4O2/c1-29-21-8-4-3-7-20(21)26-22(28)18-11-9-17(10-12-18)19-15-24-23(25-16-19)27-13-5-2-6-14-27/h3-4,7-12,15-16H,2,5-6,13-14H2,1H3,(H,26,28). The van der Waals surface area contributed by atoms with Gasteiger partial charge in [0.15, 0.2) is 0 Å². The first-order valence-corrected chi connectivity index (χ1v) is 9.86. The molecular weight excluding hydrogens is 364 g/mol. The SMILES string of the molecule is COc1ccccc1NC(=O)c1ccc(-c2cnc(N3CCCCC3)nc2)cc1. The number of nitrogens with one attached hydrogen (secondary N) is 1. The fraction of sp³-hybridized carbons (Fsp3) is 0.261. The van der Waals surface area contributed by atoms with Gasteiger partial charge in [-0.05, 0) is 49.1 Å². The molecule has 0 spiro atoms. The van der Waals surface area contributed by atoms with Crippen LogP contribution in [0.3, 0.4) is 0 Å². The summed E-state index contributed by atoms with van der Waals surface area (Å²) in [6.07, 6.45) is 7.38. The van der Waals surface area contributed by atoms with Gasteiger partial charge in [0, 0.05) is 36.6 Å². The molecule has 1 aliphatic heterocycles. The largest absolute Gasteiger partial charge is 0.495 e. The number of anilines is 2. The number of nitrogens with zero attached hydrogens (tertiary/aromatic N) is 3. The van der Waals surface area contributed by atoms with E-state index in [0.717, 1.165) is 30.2 Å². The van der Waals surface area contributed by atoms with Gasteiger partial charge >= 0.3 is 0 Å². The van der Waals surface area contributed by atoms with Crippen molar-refractivity contribution < 1.29 is 9.53 Å². The second kappa shape index (κ2) is 8.73. The highest BCUT2D eigenvalue weighted by molar-refractivity contribution is 6.05. The predicted octanol–water partition coefficient (Wildman–Crippen LogP) is 4.39. The van der Waals surface area contributed by atoms with Crippen LogP contribution in [0, 0.1) is 0 Å². The van der Waals surface area contributed by atoms with Gasteiger partial charge in [0.2, 0.25) is 5.95 Å². The predicted molar refractivity (Wildman–Crippen MR) is 114 cm³/mol. The van der Waals surface area contributed by atoms with Crippen molar-refractivity contribution in [1.29, 1.82) is 0 Å². The molecule has 6 nitrogen and oxygen atoms in total. The van der Waals surface area contributed by atoms with E-state index in [1.165, 1.54) is 19.3 Å². The number of carbonyl (C=O) groups excluding carboxylic acids is 1. The lowest BCUT2D eigenvalue weighted by molar-refractivity contribution is 0.102. The second-order valence-corrected chi connectivity index (χ2v) is 7.05. The van der Waals surface area contributed by atoms with Gasteiger partial charge in [0.1, 0.15) is 5.75 Å². The highest BCUT2D eigenvalue weighted by Crippen LogP contribution is 2.25. The van der Waals surface area contributed by atoms with Crippen molar-refractivity contribution in [3.8, 4) is 16.9 Å². The maximum absolute atomic E-state index is 12.6. The summed E-state index contributed by atoms with van der Waals surface area (Å²) in [6.45, 7) is 2.05. The molecule has 1 amide bonds. The minimum atomic E-state index is -0.183. The molecule has 1 aromatic heterocycles. The summed E-state index contributed by atoms with van der Waals surface area (Å²) in [5, 5.41) is 2.89. The maximum atomic E-state index is 12.6. The van der Waals surface area contributed by atoms with E-state index in [4.69, 9.17) is 4.74 Å². The average Bonchev–Trinajstić information content (AvgIpc) is 2.80. The van der Waals surface area contributed by atoms with Crippen molar-refractivity contribution in [3.63, 3.8) is 0 Å². The minimum absolute atomic E-state index is 0.183. The van der Waals surface area contributed by atoms with Gasteiger partial charge in [-0.1, -0.05) is 24.3 Å². The molecule has 0 aliphatic carbocycles. The average molecular weight is 388 g/mol. The van der Waals surface area contributed by atoms with Gasteiger partial charge in [0.05, 0.1) is 12.8 Å². The number of hydrogen-bond acceptors (Lipinski definition) is 5. The zero-order valence-electron chi connectivity index (χ0n) is 16.5. The van der Waals surface area contributed by atoms with E-state index in [1.807, 2.05) is 48.8 Å². The third kappa shape index (κ3) is 4.37. The highest BCUT2D eigenvalue weighted by atomic mass is 16.5. The van der Waals surface area contributed by atoms with Crippen LogP contribution in [0.1, 0.15) is 29.6 Å². The van der Waals surface area contributed by atoms with Crippen molar-refractivity contribution in [3.05, 3.63) is 66.5 Å². The molecule has 1 aliphatic rings. The minimum Gasteiger partial charge on any atom is -0.495 e. The zero-order chi connectivity index (χ0) is 20.1. The first-order chi connectivity index (χ1) is 14.2. The number of rotatable bonds is 5. The number of methoxy groups -OCH3 is 1. The number of piperidine rings is 1. The van der Waals surface area contributed by atoms with Crippen LogP contribution in [0.15, 0.2) is 60.9 Å². The van der Waals surface area contributed by atoms with Crippen LogP contribution in [0.5, 0.6) is 5.75 Å². The van der Waals surface area contributed by atoms with Gasteiger partial charge in [-0.25, -0.2) is 9.97 Å². The molecule has 1 fully saturated rings. The van der Waals surface area contributed by atoms with Gasteiger partial charge in [-0.15, -0.1) is 0 Å². The van der Waals surface area contributed by atoms with Gasteiger partial charge in [-0.3, -0.25) is 4.79 Å². The molecule has 0 atom stereocenters. The Morgan fingerprint density at radius 3 is 2.31 bits per heavy atom. The lowest BCUT2D eigenvalue weighted by Crippen LogP contribution is -2.30. The monoisotopic (exact) mass is 388 g/mol.